The van der Waals surface area contributed by atoms with Crippen molar-refractivity contribution in [3.05, 3.63) is 40.5 Å². The number of rotatable bonds is 6. The van der Waals surface area contributed by atoms with Crippen LogP contribution in [0.3, 0.4) is 0 Å². The van der Waals surface area contributed by atoms with Gasteiger partial charge in [0.1, 0.15) is 46.0 Å². The van der Waals surface area contributed by atoms with Gasteiger partial charge in [0.15, 0.2) is 5.82 Å². The first-order chi connectivity index (χ1) is 27.0. The van der Waals surface area contributed by atoms with Crippen molar-refractivity contribution in [2.45, 2.75) is 110 Å². The lowest BCUT2D eigenvalue weighted by Gasteiger charge is -2.42. The lowest BCUT2D eigenvalue weighted by atomic mass is 9.90. The number of benzene rings is 2. The third-order valence-corrected chi connectivity index (χ3v) is 12.1. The summed E-state index contributed by atoms with van der Waals surface area (Å²) < 4.78 is 58.1. The number of nitrogens with zero attached hydrogens (tertiary/aromatic N) is 6. The van der Waals surface area contributed by atoms with Crippen LogP contribution in [0.15, 0.2) is 12.1 Å². The molecule has 2 bridgehead atoms. The van der Waals surface area contributed by atoms with Gasteiger partial charge in [0, 0.05) is 52.4 Å². The lowest BCUT2D eigenvalue weighted by molar-refractivity contribution is 0.0209. The molecule has 8 rings (SSSR count). The molecule has 0 spiro atoms. The molecular formula is C41H47F2N7O6S. The molecule has 0 radical (unpaired) electrons. The molecule has 3 unspecified atom stereocenters. The first-order valence-corrected chi connectivity index (χ1v) is 20.2. The van der Waals surface area contributed by atoms with Crippen LogP contribution in [-0.4, -0.2) is 94.6 Å². The average Bonchev–Trinajstić information content (AvgIpc) is 3.91. The van der Waals surface area contributed by atoms with Gasteiger partial charge in [-0.3, -0.25) is 5.32 Å². The number of aromatic nitrogens is 2. The fourth-order valence-corrected chi connectivity index (χ4v) is 9.64. The van der Waals surface area contributed by atoms with E-state index in [-0.39, 0.29) is 76.0 Å². The molecular weight excluding hydrogens is 757 g/mol. The second-order valence-corrected chi connectivity index (χ2v) is 18.4. The molecule has 2 aromatic carbocycles. The van der Waals surface area contributed by atoms with E-state index < -0.39 is 28.9 Å². The predicted molar refractivity (Wildman–Crippen MR) is 212 cm³/mol. The number of hydrogen-bond acceptors (Lipinski definition) is 12. The van der Waals surface area contributed by atoms with Gasteiger partial charge in [0.25, 0.3) is 0 Å². The van der Waals surface area contributed by atoms with Crippen molar-refractivity contribution in [3.63, 3.8) is 0 Å². The molecule has 0 saturated carbocycles. The highest BCUT2D eigenvalue weighted by Gasteiger charge is 2.45. The molecule has 3 atom stereocenters. The Morgan fingerprint density at radius 1 is 0.982 bits per heavy atom. The number of carbonyl (C=O) groups is 2. The van der Waals surface area contributed by atoms with Crippen LogP contribution in [-0.2, 0) is 27.4 Å². The summed E-state index contributed by atoms with van der Waals surface area (Å²) in [5.74, 6) is -1.07. The van der Waals surface area contributed by atoms with Gasteiger partial charge in [0.05, 0.1) is 24.2 Å². The minimum Gasteiger partial charge on any atom is -0.462 e. The van der Waals surface area contributed by atoms with Crippen molar-refractivity contribution in [1.82, 2.24) is 19.8 Å². The maximum Gasteiger partial charge on any atom is 0.412 e. The number of fused-ring (bicyclic) bond motifs is 6. The average molecular weight is 804 g/mol. The van der Waals surface area contributed by atoms with E-state index in [0.717, 1.165) is 43.6 Å². The molecule has 1 N–H and O–H groups in total. The van der Waals surface area contributed by atoms with E-state index in [1.807, 2.05) is 27.8 Å². The monoisotopic (exact) mass is 803 g/mol. The van der Waals surface area contributed by atoms with E-state index in [9.17, 15) is 14.9 Å². The summed E-state index contributed by atoms with van der Waals surface area (Å²) in [5.41, 5.74) is -0.683. The Labute approximate surface area is 333 Å². The maximum absolute atomic E-state index is 17.8. The summed E-state index contributed by atoms with van der Waals surface area (Å²) in [6.45, 7) is 12.7. The van der Waals surface area contributed by atoms with Crippen molar-refractivity contribution in [2.75, 3.05) is 43.5 Å². The number of hydrogen-bond donors (Lipinski definition) is 1. The van der Waals surface area contributed by atoms with Crippen molar-refractivity contribution in [3.8, 4) is 23.2 Å². The number of piperazine rings is 1. The van der Waals surface area contributed by atoms with Crippen molar-refractivity contribution >= 4 is 55.3 Å². The molecule has 4 aliphatic rings. The predicted octanol–water partition coefficient (Wildman–Crippen LogP) is 8.10. The topological polar surface area (TPSA) is 142 Å². The first kappa shape index (κ1) is 39.0. The van der Waals surface area contributed by atoms with Crippen molar-refractivity contribution < 1.29 is 37.3 Å². The molecule has 6 heterocycles. The minimum atomic E-state index is -0.804. The number of amides is 2. The highest BCUT2D eigenvalue weighted by atomic mass is 32.1. The molecule has 4 aliphatic heterocycles. The summed E-state index contributed by atoms with van der Waals surface area (Å²) in [6, 6.07) is 4.70. The van der Waals surface area contributed by atoms with Crippen molar-refractivity contribution in [2.24, 2.45) is 0 Å². The molecule has 16 heteroatoms. The van der Waals surface area contributed by atoms with Gasteiger partial charge in [-0.05, 0) is 104 Å². The fraction of sp³-hybridized carbons (Fsp3) is 0.537. The second kappa shape index (κ2) is 14.5. The second-order valence-electron chi connectivity index (χ2n) is 17.3. The van der Waals surface area contributed by atoms with E-state index in [1.54, 1.807) is 25.7 Å². The molecule has 3 fully saturated rings. The zero-order valence-corrected chi connectivity index (χ0v) is 34.1. The minimum absolute atomic E-state index is 0.00809. The molecule has 4 aromatic rings. The zero-order valence-electron chi connectivity index (χ0n) is 33.3. The van der Waals surface area contributed by atoms with E-state index in [2.05, 4.69) is 21.2 Å². The summed E-state index contributed by atoms with van der Waals surface area (Å²) in [5, 5.41) is 13.8. The number of anilines is 2. The number of likely N-dealkylation sites (N-methyl/N-ethyl adjacent to an activating group) is 1. The molecule has 3 saturated heterocycles. The molecule has 0 aliphatic carbocycles. The third-order valence-electron chi connectivity index (χ3n) is 11.0. The van der Waals surface area contributed by atoms with Gasteiger partial charge in [-0.2, -0.15) is 15.2 Å². The Hall–Kier alpha value is -4.85. The van der Waals surface area contributed by atoms with Crippen LogP contribution in [0.5, 0.6) is 6.01 Å². The summed E-state index contributed by atoms with van der Waals surface area (Å²) in [7, 11) is 2.04. The van der Waals surface area contributed by atoms with Crippen LogP contribution in [0.25, 0.3) is 32.1 Å². The smallest absolute Gasteiger partial charge is 0.412 e. The number of ether oxygens (including phenoxy) is 4. The molecule has 13 nitrogen and oxygen atoms in total. The summed E-state index contributed by atoms with van der Waals surface area (Å²) in [6.07, 6.45) is 2.36. The third kappa shape index (κ3) is 7.29. The highest BCUT2D eigenvalue weighted by molar-refractivity contribution is 7.23. The summed E-state index contributed by atoms with van der Waals surface area (Å²) in [4.78, 5) is 41.9. The van der Waals surface area contributed by atoms with Gasteiger partial charge >= 0.3 is 18.2 Å². The maximum atomic E-state index is 17.8. The summed E-state index contributed by atoms with van der Waals surface area (Å²) >= 11 is 1.07. The van der Waals surface area contributed by atoms with Crippen LogP contribution in [0.2, 0.25) is 0 Å². The van der Waals surface area contributed by atoms with Gasteiger partial charge in [-0.15, -0.1) is 11.3 Å². The molecule has 302 valence electrons. The standard InChI is InChI=1S/C41H47F2N7O6S/c1-40(2,3)55-38(51)47-36-24(15-44)29-28(57-36)13-12-27(42)32(29)30-25-19-53-20-26(25)31-34(33(30)43)45-37(54-18-23-9-8-14-48(23)7)46-35(31)50-21-10-11-22(50)17-49(16-21)39(52)56-41(4,5)6/h12-13,21-23H,8-11,14,16-20H2,1-7H3,(H,47,51). The largest absolute Gasteiger partial charge is 0.462 e. The molecule has 2 aromatic heterocycles. The Morgan fingerprint density at radius 2 is 1.68 bits per heavy atom. The van der Waals surface area contributed by atoms with Gasteiger partial charge in [-0.1, -0.05) is 0 Å². The van der Waals surface area contributed by atoms with E-state index in [4.69, 9.17) is 28.9 Å². The van der Waals surface area contributed by atoms with E-state index in [0.29, 0.717) is 46.7 Å². The van der Waals surface area contributed by atoms with Gasteiger partial charge < -0.3 is 33.6 Å². The lowest BCUT2D eigenvalue weighted by Crippen LogP contribution is -2.56. The van der Waals surface area contributed by atoms with Gasteiger partial charge in [-0.25, -0.2) is 18.4 Å². The van der Waals surface area contributed by atoms with Crippen LogP contribution in [0.1, 0.15) is 83.9 Å². The molecule has 2 amide bonds. The number of thiophene rings is 1. The Morgan fingerprint density at radius 3 is 2.33 bits per heavy atom. The Kier molecular flexibility index (Phi) is 9.93. The SMILES string of the molecule is CN1CCCC1COc1nc(N2C3CCC2CN(C(=O)OC(C)(C)C)C3)c2c3c(c(-c4c(F)ccc5sc(NC(=O)OC(C)(C)C)c(C#N)c45)c(F)c2n1)COC3. The van der Waals surface area contributed by atoms with E-state index >= 15 is 8.78 Å². The fourth-order valence-electron chi connectivity index (χ4n) is 8.59. The van der Waals surface area contributed by atoms with Crippen LogP contribution in [0, 0.1) is 23.0 Å². The number of likely N-dealkylation sites (tertiary alicyclic amines) is 2. The van der Waals surface area contributed by atoms with Crippen LogP contribution in [0.4, 0.5) is 29.2 Å². The molecule has 57 heavy (non-hydrogen) atoms. The van der Waals surface area contributed by atoms with Crippen LogP contribution < -0.4 is 15.0 Å². The quantitative estimate of drug-likeness (QED) is 0.202. The number of halogens is 2. The normalized spacial score (nSPS) is 20.9. The van der Waals surface area contributed by atoms with Crippen molar-refractivity contribution in [1.29, 1.82) is 5.26 Å². The number of nitriles is 1. The Bertz CT molecular complexity index is 2320. The number of nitrogens with one attached hydrogen (secondary N) is 1. The van der Waals surface area contributed by atoms with E-state index in [1.165, 1.54) is 12.1 Å². The first-order valence-electron chi connectivity index (χ1n) is 19.4. The zero-order chi connectivity index (χ0) is 40.6. The van der Waals surface area contributed by atoms with Crippen LogP contribution >= 0.6 is 11.3 Å². The number of carbonyl (C=O) groups excluding carboxylic acids is 2. The van der Waals surface area contributed by atoms with Gasteiger partial charge in [0.2, 0.25) is 0 Å². The highest BCUT2D eigenvalue weighted by Crippen LogP contribution is 2.49. The Balaban J connectivity index is 1.29.